The van der Waals surface area contributed by atoms with E-state index >= 15 is 0 Å². The number of nitrogens with one attached hydrogen (secondary N) is 1. The fraction of sp³-hybridized carbons (Fsp3) is 0.833. The SMILES string of the molecule is CC(C)C(=O)CC[NH]. The zero-order valence-electron chi connectivity index (χ0n) is 5.40. The maximum Gasteiger partial charge on any atom is 0.136 e. The van der Waals surface area contributed by atoms with Crippen molar-refractivity contribution in [1.29, 1.82) is 0 Å². The number of hydrogen-bond acceptors (Lipinski definition) is 1. The normalized spacial score (nSPS) is 10.0. The van der Waals surface area contributed by atoms with Gasteiger partial charge in [-0.1, -0.05) is 13.8 Å². The van der Waals surface area contributed by atoms with E-state index in [4.69, 9.17) is 5.73 Å². The second-order valence-electron chi connectivity index (χ2n) is 2.12. The zero-order valence-corrected chi connectivity index (χ0v) is 5.40. The summed E-state index contributed by atoms with van der Waals surface area (Å²) in [4.78, 5) is 10.6. The Morgan fingerprint density at radius 2 is 2.12 bits per heavy atom. The lowest BCUT2D eigenvalue weighted by molar-refractivity contribution is -0.121. The van der Waals surface area contributed by atoms with E-state index < -0.39 is 0 Å². The van der Waals surface area contributed by atoms with Gasteiger partial charge in [0, 0.05) is 18.9 Å². The molecule has 47 valence electrons. The number of rotatable bonds is 3. The monoisotopic (exact) mass is 114 g/mol. The highest BCUT2D eigenvalue weighted by Crippen LogP contribution is 1.96. The summed E-state index contributed by atoms with van der Waals surface area (Å²) in [6, 6.07) is 0. The van der Waals surface area contributed by atoms with E-state index in [2.05, 4.69) is 0 Å². The van der Waals surface area contributed by atoms with E-state index in [0.29, 0.717) is 6.42 Å². The van der Waals surface area contributed by atoms with Gasteiger partial charge in [-0.2, -0.15) is 0 Å². The van der Waals surface area contributed by atoms with Crippen molar-refractivity contribution in [3.63, 3.8) is 0 Å². The molecule has 0 aliphatic rings. The molecule has 0 aromatic heterocycles. The van der Waals surface area contributed by atoms with E-state index in [1.807, 2.05) is 13.8 Å². The van der Waals surface area contributed by atoms with Gasteiger partial charge in [0.2, 0.25) is 0 Å². The summed E-state index contributed by atoms with van der Waals surface area (Å²) < 4.78 is 0. The van der Waals surface area contributed by atoms with Gasteiger partial charge in [0.05, 0.1) is 0 Å². The van der Waals surface area contributed by atoms with Gasteiger partial charge in [-0.25, -0.2) is 0 Å². The molecule has 0 spiro atoms. The van der Waals surface area contributed by atoms with Crippen LogP contribution in [0.2, 0.25) is 0 Å². The van der Waals surface area contributed by atoms with Crippen molar-refractivity contribution in [3.8, 4) is 0 Å². The van der Waals surface area contributed by atoms with Crippen LogP contribution in [0.3, 0.4) is 0 Å². The molecule has 0 rings (SSSR count). The minimum Gasteiger partial charge on any atom is -0.299 e. The minimum atomic E-state index is 0.111. The van der Waals surface area contributed by atoms with Crippen LogP contribution in [0.5, 0.6) is 0 Å². The molecule has 0 atom stereocenters. The molecule has 0 saturated heterocycles. The average Bonchev–Trinajstić information content (AvgIpc) is 1.67. The molecule has 2 heteroatoms. The van der Waals surface area contributed by atoms with Crippen LogP contribution < -0.4 is 5.73 Å². The number of carbonyl (C=O) groups excluding carboxylic acids is 1. The molecule has 0 saturated carbocycles. The average molecular weight is 114 g/mol. The highest BCUT2D eigenvalue weighted by molar-refractivity contribution is 5.80. The van der Waals surface area contributed by atoms with Crippen LogP contribution in [0, 0.1) is 5.92 Å². The summed E-state index contributed by atoms with van der Waals surface area (Å²) in [7, 11) is 0. The minimum absolute atomic E-state index is 0.111. The molecule has 1 N–H and O–H groups in total. The Balaban J connectivity index is 3.33. The quantitative estimate of drug-likeness (QED) is 0.537. The largest absolute Gasteiger partial charge is 0.299 e. The van der Waals surface area contributed by atoms with Crippen molar-refractivity contribution in [2.75, 3.05) is 6.54 Å². The first-order valence-electron chi connectivity index (χ1n) is 2.85. The standard InChI is InChI=1S/C6H12NO/c1-5(2)6(8)3-4-7/h5,7H,3-4H2,1-2H3. The number of carbonyl (C=O) groups is 1. The van der Waals surface area contributed by atoms with Gasteiger partial charge in [-0.3, -0.25) is 10.5 Å². The maximum absolute atomic E-state index is 10.6. The van der Waals surface area contributed by atoms with Crippen molar-refractivity contribution in [1.82, 2.24) is 5.73 Å². The molecular formula is C6H12NO. The van der Waals surface area contributed by atoms with Gasteiger partial charge in [0.25, 0.3) is 0 Å². The molecule has 0 heterocycles. The van der Waals surface area contributed by atoms with Gasteiger partial charge in [-0.05, 0) is 0 Å². The number of hydrogen-bond donors (Lipinski definition) is 0. The van der Waals surface area contributed by atoms with Crippen molar-refractivity contribution in [3.05, 3.63) is 0 Å². The molecule has 0 bridgehead atoms. The first kappa shape index (κ1) is 7.63. The molecule has 0 aromatic rings. The summed E-state index contributed by atoms with van der Waals surface area (Å²) in [6.07, 6.45) is 0.414. The Hall–Kier alpha value is -0.370. The van der Waals surface area contributed by atoms with E-state index in [0.717, 1.165) is 0 Å². The summed E-state index contributed by atoms with van der Waals surface area (Å²) in [5.41, 5.74) is 6.71. The maximum atomic E-state index is 10.6. The molecule has 0 aliphatic carbocycles. The van der Waals surface area contributed by atoms with Crippen LogP contribution >= 0.6 is 0 Å². The van der Waals surface area contributed by atoms with Crippen LogP contribution in [-0.4, -0.2) is 12.3 Å². The second-order valence-corrected chi connectivity index (χ2v) is 2.12. The molecule has 2 nitrogen and oxygen atoms in total. The van der Waals surface area contributed by atoms with Gasteiger partial charge in [-0.15, -0.1) is 0 Å². The third-order valence-electron chi connectivity index (χ3n) is 1.02. The van der Waals surface area contributed by atoms with Crippen LogP contribution in [0.1, 0.15) is 20.3 Å². The molecule has 8 heavy (non-hydrogen) atoms. The highest BCUT2D eigenvalue weighted by Gasteiger charge is 2.03. The van der Waals surface area contributed by atoms with Crippen LogP contribution in [-0.2, 0) is 4.79 Å². The lowest BCUT2D eigenvalue weighted by Gasteiger charge is -1.98. The fourth-order valence-electron chi connectivity index (χ4n) is 0.412. The third-order valence-corrected chi connectivity index (χ3v) is 1.02. The van der Waals surface area contributed by atoms with Crippen LogP contribution in [0.25, 0.3) is 0 Å². The molecule has 0 unspecified atom stereocenters. The van der Waals surface area contributed by atoms with E-state index in [9.17, 15) is 4.79 Å². The van der Waals surface area contributed by atoms with E-state index in [-0.39, 0.29) is 18.2 Å². The molecule has 0 amide bonds. The topological polar surface area (TPSA) is 40.9 Å². The Morgan fingerprint density at radius 3 is 2.25 bits per heavy atom. The molecule has 0 aliphatic heterocycles. The third kappa shape index (κ3) is 2.75. The molecule has 0 fully saturated rings. The zero-order chi connectivity index (χ0) is 6.57. The Bertz CT molecular complexity index is 78.6. The summed E-state index contributed by atoms with van der Waals surface area (Å²) in [5, 5.41) is 0. The van der Waals surface area contributed by atoms with E-state index in [1.54, 1.807) is 0 Å². The Kier molecular flexibility index (Phi) is 3.44. The Morgan fingerprint density at radius 1 is 1.62 bits per heavy atom. The van der Waals surface area contributed by atoms with Crippen molar-refractivity contribution in [2.45, 2.75) is 20.3 Å². The predicted molar refractivity (Wildman–Crippen MR) is 32.4 cm³/mol. The van der Waals surface area contributed by atoms with Crippen LogP contribution in [0.4, 0.5) is 0 Å². The first-order chi connectivity index (χ1) is 3.68. The smallest absolute Gasteiger partial charge is 0.136 e. The number of ketones is 1. The Labute approximate surface area is 50.1 Å². The first-order valence-corrected chi connectivity index (χ1v) is 2.85. The molecule has 1 radical (unpaired) electrons. The van der Waals surface area contributed by atoms with Crippen LogP contribution in [0.15, 0.2) is 0 Å². The molecule has 0 aromatic carbocycles. The van der Waals surface area contributed by atoms with Gasteiger partial charge in [0.1, 0.15) is 5.78 Å². The van der Waals surface area contributed by atoms with Gasteiger partial charge in [0.15, 0.2) is 0 Å². The summed E-state index contributed by atoms with van der Waals surface area (Å²) in [5.74, 6) is 0.306. The second kappa shape index (κ2) is 3.61. The lowest BCUT2D eigenvalue weighted by Crippen LogP contribution is -2.08. The fourth-order valence-corrected chi connectivity index (χ4v) is 0.412. The molecular weight excluding hydrogens is 102 g/mol. The van der Waals surface area contributed by atoms with Crippen molar-refractivity contribution < 1.29 is 4.79 Å². The van der Waals surface area contributed by atoms with Crippen molar-refractivity contribution >= 4 is 5.78 Å². The van der Waals surface area contributed by atoms with Crippen molar-refractivity contribution in [2.24, 2.45) is 5.92 Å². The highest BCUT2D eigenvalue weighted by atomic mass is 16.1. The summed E-state index contributed by atoms with van der Waals surface area (Å²) >= 11 is 0. The summed E-state index contributed by atoms with van der Waals surface area (Å²) in [6.45, 7) is 3.95. The predicted octanol–water partition coefficient (Wildman–Crippen LogP) is 0.885. The van der Waals surface area contributed by atoms with E-state index in [1.165, 1.54) is 0 Å². The lowest BCUT2D eigenvalue weighted by atomic mass is 10.1. The number of Topliss-reactive ketones (excluding diaryl/α,β-unsaturated/α-hetero) is 1. The van der Waals surface area contributed by atoms with Gasteiger partial charge >= 0.3 is 0 Å². The van der Waals surface area contributed by atoms with Gasteiger partial charge < -0.3 is 0 Å².